The van der Waals surface area contributed by atoms with Crippen molar-refractivity contribution in [3.05, 3.63) is 12.0 Å². The first-order chi connectivity index (χ1) is 9.54. The Kier molecular flexibility index (Phi) is 5.14. The van der Waals surface area contributed by atoms with Crippen molar-refractivity contribution >= 4 is 10.0 Å². The zero-order valence-electron chi connectivity index (χ0n) is 12.1. The Morgan fingerprint density at radius 3 is 2.70 bits per heavy atom. The molecular weight excluding hydrogens is 278 g/mol. The zero-order valence-corrected chi connectivity index (χ0v) is 12.9. The van der Waals surface area contributed by atoms with Gasteiger partial charge >= 0.3 is 0 Å². The molecule has 1 aliphatic rings. The number of hydrogen-bond acceptors (Lipinski definition) is 5. The average Bonchev–Trinajstić information content (AvgIpc) is 2.95. The SMILES string of the molecule is CCc1ncc(S(=O)(=O)N(C)CCN2CCNCC2)[nH]1. The highest BCUT2D eigenvalue weighted by Gasteiger charge is 2.23. The minimum atomic E-state index is -3.46. The van der Waals surface area contributed by atoms with Gasteiger partial charge in [-0.2, -0.15) is 4.31 Å². The van der Waals surface area contributed by atoms with Gasteiger partial charge in [-0.05, 0) is 0 Å². The van der Waals surface area contributed by atoms with Crippen molar-refractivity contribution in [2.24, 2.45) is 0 Å². The lowest BCUT2D eigenvalue weighted by Crippen LogP contribution is -2.46. The minimum absolute atomic E-state index is 0.178. The molecule has 2 heterocycles. The van der Waals surface area contributed by atoms with Gasteiger partial charge in [-0.25, -0.2) is 13.4 Å². The molecule has 2 rings (SSSR count). The molecule has 0 radical (unpaired) electrons. The Bertz CT molecular complexity index is 522. The molecule has 1 aromatic heterocycles. The van der Waals surface area contributed by atoms with Crippen LogP contribution in [-0.2, 0) is 16.4 Å². The van der Waals surface area contributed by atoms with Gasteiger partial charge in [0.1, 0.15) is 5.82 Å². The van der Waals surface area contributed by atoms with Gasteiger partial charge in [0.15, 0.2) is 5.03 Å². The maximum atomic E-state index is 12.4. The van der Waals surface area contributed by atoms with Crippen molar-refractivity contribution in [2.75, 3.05) is 46.3 Å². The number of nitrogens with one attached hydrogen (secondary N) is 2. The zero-order chi connectivity index (χ0) is 14.6. The lowest BCUT2D eigenvalue weighted by Gasteiger charge is -2.28. The first-order valence-corrected chi connectivity index (χ1v) is 8.41. The van der Waals surface area contributed by atoms with Crippen molar-refractivity contribution in [2.45, 2.75) is 18.4 Å². The topological polar surface area (TPSA) is 81.3 Å². The predicted molar refractivity (Wildman–Crippen MR) is 77.1 cm³/mol. The van der Waals surface area contributed by atoms with E-state index in [4.69, 9.17) is 0 Å². The van der Waals surface area contributed by atoms with Gasteiger partial charge in [-0.15, -0.1) is 0 Å². The van der Waals surface area contributed by atoms with Crippen LogP contribution in [0, 0.1) is 0 Å². The fraction of sp³-hybridized carbons (Fsp3) is 0.750. The van der Waals surface area contributed by atoms with E-state index >= 15 is 0 Å². The Balaban J connectivity index is 1.94. The number of aromatic amines is 1. The van der Waals surface area contributed by atoms with E-state index in [1.165, 1.54) is 10.5 Å². The fourth-order valence-electron chi connectivity index (χ4n) is 2.16. The van der Waals surface area contributed by atoms with Gasteiger partial charge in [0.2, 0.25) is 0 Å². The standard InChI is InChI=1S/C12H23N5O2S/c1-3-11-14-10-12(15-11)20(18,19)16(2)8-9-17-6-4-13-5-7-17/h10,13H,3-9H2,1-2H3,(H,14,15). The molecule has 0 amide bonds. The molecule has 0 bridgehead atoms. The van der Waals surface area contributed by atoms with Crippen LogP contribution in [0.4, 0.5) is 0 Å². The summed E-state index contributed by atoms with van der Waals surface area (Å²) in [5.74, 6) is 0.694. The first kappa shape index (κ1) is 15.4. The van der Waals surface area contributed by atoms with Gasteiger partial charge in [0.05, 0.1) is 6.20 Å². The summed E-state index contributed by atoms with van der Waals surface area (Å²) in [6.45, 7) is 7.06. The molecule has 1 saturated heterocycles. The molecule has 0 aliphatic carbocycles. The second-order valence-electron chi connectivity index (χ2n) is 4.97. The van der Waals surface area contributed by atoms with Crippen molar-refractivity contribution < 1.29 is 8.42 Å². The maximum Gasteiger partial charge on any atom is 0.259 e. The van der Waals surface area contributed by atoms with E-state index in [1.807, 2.05) is 6.92 Å². The quantitative estimate of drug-likeness (QED) is 0.740. The lowest BCUT2D eigenvalue weighted by atomic mass is 10.3. The Morgan fingerprint density at radius 2 is 2.10 bits per heavy atom. The highest BCUT2D eigenvalue weighted by Crippen LogP contribution is 2.12. The number of likely N-dealkylation sites (N-methyl/N-ethyl adjacent to an activating group) is 1. The van der Waals surface area contributed by atoms with E-state index in [0.29, 0.717) is 18.8 Å². The first-order valence-electron chi connectivity index (χ1n) is 6.97. The number of imidazole rings is 1. The molecule has 114 valence electrons. The molecule has 1 fully saturated rings. The predicted octanol–water partition coefficient (Wildman–Crippen LogP) is -0.502. The Labute approximate surface area is 120 Å². The van der Waals surface area contributed by atoms with Crippen LogP contribution in [0.15, 0.2) is 11.2 Å². The number of H-pyrrole nitrogens is 1. The lowest BCUT2D eigenvalue weighted by molar-refractivity contribution is 0.229. The van der Waals surface area contributed by atoms with E-state index in [1.54, 1.807) is 7.05 Å². The molecule has 0 aromatic carbocycles. The number of rotatable bonds is 6. The summed E-state index contributed by atoms with van der Waals surface area (Å²) in [6.07, 6.45) is 2.09. The van der Waals surface area contributed by atoms with E-state index in [-0.39, 0.29) is 5.03 Å². The van der Waals surface area contributed by atoms with Crippen LogP contribution in [0.5, 0.6) is 0 Å². The second-order valence-corrected chi connectivity index (χ2v) is 6.98. The smallest absolute Gasteiger partial charge is 0.259 e. The molecule has 0 unspecified atom stereocenters. The van der Waals surface area contributed by atoms with Gasteiger partial charge < -0.3 is 10.3 Å². The highest BCUT2D eigenvalue weighted by molar-refractivity contribution is 7.89. The molecule has 0 atom stereocenters. The van der Waals surface area contributed by atoms with Gasteiger partial charge in [-0.1, -0.05) is 6.92 Å². The highest BCUT2D eigenvalue weighted by atomic mass is 32.2. The summed E-state index contributed by atoms with van der Waals surface area (Å²) in [5, 5.41) is 3.46. The Hall–Kier alpha value is -0.960. The van der Waals surface area contributed by atoms with Crippen LogP contribution in [0.1, 0.15) is 12.7 Å². The van der Waals surface area contributed by atoms with Crippen molar-refractivity contribution in [3.8, 4) is 0 Å². The minimum Gasteiger partial charge on any atom is -0.332 e. The Morgan fingerprint density at radius 1 is 1.40 bits per heavy atom. The molecule has 8 heteroatoms. The molecule has 0 spiro atoms. The van der Waals surface area contributed by atoms with E-state index in [2.05, 4.69) is 20.2 Å². The van der Waals surface area contributed by atoms with Crippen LogP contribution >= 0.6 is 0 Å². The summed E-state index contributed by atoms with van der Waals surface area (Å²) >= 11 is 0. The van der Waals surface area contributed by atoms with E-state index in [9.17, 15) is 8.42 Å². The summed E-state index contributed by atoms with van der Waals surface area (Å²) in [6, 6.07) is 0. The van der Waals surface area contributed by atoms with Gasteiger partial charge in [0, 0.05) is 52.7 Å². The summed E-state index contributed by atoms with van der Waals surface area (Å²) < 4.78 is 26.1. The van der Waals surface area contributed by atoms with Gasteiger partial charge in [-0.3, -0.25) is 4.90 Å². The summed E-state index contributed by atoms with van der Waals surface area (Å²) in [7, 11) is -1.84. The second kappa shape index (κ2) is 6.66. The molecule has 0 saturated carbocycles. The molecule has 2 N–H and O–H groups in total. The molecular formula is C12H23N5O2S. The maximum absolute atomic E-state index is 12.4. The number of piperazine rings is 1. The average molecular weight is 301 g/mol. The number of aromatic nitrogens is 2. The normalized spacial score (nSPS) is 17.8. The van der Waals surface area contributed by atoms with Crippen LogP contribution < -0.4 is 5.32 Å². The van der Waals surface area contributed by atoms with Crippen molar-refractivity contribution in [1.82, 2.24) is 24.5 Å². The number of aryl methyl sites for hydroxylation is 1. The van der Waals surface area contributed by atoms with E-state index < -0.39 is 10.0 Å². The van der Waals surface area contributed by atoms with Crippen LogP contribution in [0.25, 0.3) is 0 Å². The molecule has 1 aromatic rings. The third-order valence-electron chi connectivity index (χ3n) is 3.57. The summed E-state index contributed by atoms with van der Waals surface area (Å²) in [4.78, 5) is 9.18. The van der Waals surface area contributed by atoms with Crippen LogP contribution in [-0.4, -0.2) is 73.9 Å². The summed E-state index contributed by atoms with van der Waals surface area (Å²) in [5.41, 5.74) is 0. The van der Waals surface area contributed by atoms with Gasteiger partial charge in [0.25, 0.3) is 10.0 Å². The third kappa shape index (κ3) is 3.57. The molecule has 1 aliphatic heterocycles. The third-order valence-corrected chi connectivity index (χ3v) is 5.34. The van der Waals surface area contributed by atoms with E-state index in [0.717, 1.165) is 32.7 Å². The van der Waals surface area contributed by atoms with Crippen molar-refractivity contribution in [3.63, 3.8) is 0 Å². The largest absolute Gasteiger partial charge is 0.332 e. The number of sulfonamides is 1. The molecule has 20 heavy (non-hydrogen) atoms. The number of hydrogen-bond donors (Lipinski definition) is 2. The van der Waals surface area contributed by atoms with Crippen molar-refractivity contribution in [1.29, 1.82) is 0 Å². The monoisotopic (exact) mass is 301 g/mol. The molecule has 7 nitrogen and oxygen atoms in total. The van der Waals surface area contributed by atoms with Crippen LogP contribution in [0.2, 0.25) is 0 Å². The van der Waals surface area contributed by atoms with Crippen LogP contribution in [0.3, 0.4) is 0 Å². The fourth-order valence-corrected chi connectivity index (χ4v) is 3.25. The number of nitrogens with zero attached hydrogens (tertiary/aromatic N) is 3.